The minimum absolute atomic E-state index is 0.235. The molecule has 1 aliphatic carbocycles. The Morgan fingerprint density at radius 3 is 1.38 bits per heavy atom. The summed E-state index contributed by atoms with van der Waals surface area (Å²) >= 11 is 0. The van der Waals surface area contributed by atoms with E-state index in [0.717, 1.165) is 12.8 Å². The maximum absolute atomic E-state index is 13.2. The molecule has 8 nitrogen and oxygen atoms in total. The Morgan fingerprint density at radius 2 is 1.06 bits per heavy atom. The summed E-state index contributed by atoms with van der Waals surface area (Å²) in [7, 11) is 0. The lowest BCUT2D eigenvalue weighted by Crippen LogP contribution is -2.52. The van der Waals surface area contributed by atoms with Crippen LogP contribution < -0.4 is 0 Å². The van der Waals surface area contributed by atoms with Crippen LogP contribution in [0.1, 0.15) is 62.5 Å². The minimum Gasteiger partial charge on any atom is -0.504 e. The summed E-state index contributed by atoms with van der Waals surface area (Å²) in [5.41, 5.74) is 0.980. The molecular formula is C26H32O8. The number of carbonyl (C=O) groups is 2. The van der Waals surface area contributed by atoms with Crippen molar-refractivity contribution in [1.29, 1.82) is 0 Å². The quantitative estimate of drug-likeness (QED) is 0.228. The topological polar surface area (TPSA) is 134 Å². The van der Waals surface area contributed by atoms with Gasteiger partial charge in [0.15, 0.2) is 23.0 Å². The fourth-order valence-electron chi connectivity index (χ4n) is 4.49. The number of esters is 2. The monoisotopic (exact) mass is 472 g/mol. The van der Waals surface area contributed by atoms with E-state index in [1.165, 1.54) is 24.3 Å². The maximum atomic E-state index is 13.2. The molecule has 0 heterocycles. The van der Waals surface area contributed by atoms with Gasteiger partial charge in [0.1, 0.15) is 0 Å². The largest absolute Gasteiger partial charge is 0.504 e. The molecule has 0 atom stereocenters. The van der Waals surface area contributed by atoms with Crippen LogP contribution in [0, 0.1) is 11.8 Å². The molecule has 0 spiro atoms. The number of ether oxygens (including phenoxy) is 2. The van der Waals surface area contributed by atoms with Gasteiger partial charge in [0, 0.05) is 11.8 Å². The van der Waals surface area contributed by atoms with Gasteiger partial charge >= 0.3 is 11.9 Å². The number of unbranched alkanes of at least 4 members (excludes halogenated alkanes) is 2. The number of hydrogen-bond donors (Lipinski definition) is 4. The Kier molecular flexibility index (Phi) is 8.26. The summed E-state index contributed by atoms with van der Waals surface area (Å²) in [6.07, 6.45) is 3.07. The Hall–Kier alpha value is -3.42. The molecule has 1 fully saturated rings. The molecule has 1 saturated carbocycles. The molecule has 2 aromatic carbocycles. The number of phenolic OH excluding ortho intramolecular Hbond substituents is 4. The van der Waals surface area contributed by atoms with E-state index >= 15 is 0 Å². The second-order valence-corrected chi connectivity index (χ2v) is 8.64. The minimum atomic E-state index is -0.798. The van der Waals surface area contributed by atoms with Crippen LogP contribution in [0.4, 0.5) is 0 Å². The Bertz CT molecular complexity index is 928. The van der Waals surface area contributed by atoms with E-state index in [1.54, 1.807) is 12.1 Å². The van der Waals surface area contributed by atoms with Crippen molar-refractivity contribution in [3.8, 4) is 23.0 Å². The van der Waals surface area contributed by atoms with E-state index in [1.807, 2.05) is 13.8 Å². The highest BCUT2D eigenvalue weighted by atomic mass is 16.5. The van der Waals surface area contributed by atoms with Gasteiger partial charge in [0.25, 0.3) is 0 Å². The van der Waals surface area contributed by atoms with Crippen molar-refractivity contribution in [2.24, 2.45) is 11.8 Å². The smallest absolute Gasteiger partial charge is 0.310 e. The van der Waals surface area contributed by atoms with Gasteiger partial charge < -0.3 is 29.9 Å². The van der Waals surface area contributed by atoms with Gasteiger partial charge in [-0.25, -0.2) is 0 Å². The third-order valence-corrected chi connectivity index (χ3v) is 6.35. The number of benzene rings is 2. The highest BCUT2D eigenvalue weighted by Crippen LogP contribution is 2.59. The molecule has 0 unspecified atom stereocenters. The highest BCUT2D eigenvalue weighted by Gasteiger charge is 2.59. The summed E-state index contributed by atoms with van der Waals surface area (Å²) in [6, 6.07) is 8.41. The van der Waals surface area contributed by atoms with Crippen LogP contribution in [-0.4, -0.2) is 45.6 Å². The van der Waals surface area contributed by atoms with Gasteiger partial charge in [-0.05, 0) is 48.2 Å². The molecule has 4 N–H and O–H groups in total. The first-order valence-corrected chi connectivity index (χ1v) is 11.7. The molecule has 0 amide bonds. The van der Waals surface area contributed by atoms with Crippen LogP contribution in [-0.2, 0) is 19.1 Å². The van der Waals surface area contributed by atoms with Crippen molar-refractivity contribution in [1.82, 2.24) is 0 Å². The van der Waals surface area contributed by atoms with Gasteiger partial charge in [-0.1, -0.05) is 38.8 Å². The lowest BCUT2D eigenvalue weighted by molar-refractivity contribution is -0.167. The third kappa shape index (κ3) is 5.21. The Morgan fingerprint density at radius 1 is 0.676 bits per heavy atom. The van der Waals surface area contributed by atoms with Gasteiger partial charge in [-0.2, -0.15) is 0 Å². The van der Waals surface area contributed by atoms with Crippen LogP contribution in [0.15, 0.2) is 36.4 Å². The number of carbonyl (C=O) groups excluding carboxylic acids is 2. The van der Waals surface area contributed by atoms with E-state index < -0.39 is 35.6 Å². The summed E-state index contributed by atoms with van der Waals surface area (Å²) in [4.78, 5) is 26.4. The lowest BCUT2D eigenvalue weighted by Gasteiger charge is -2.49. The van der Waals surface area contributed by atoms with E-state index in [-0.39, 0.29) is 36.2 Å². The second-order valence-electron chi connectivity index (χ2n) is 8.64. The summed E-state index contributed by atoms with van der Waals surface area (Å²) in [6.45, 7) is 4.42. The van der Waals surface area contributed by atoms with E-state index in [4.69, 9.17) is 9.47 Å². The number of rotatable bonds is 10. The predicted molar refractivity (Wildman–Crippen MR) is 124 cm³/mol. The average Bonchev–Trinajstić information content (AvgIpc) is 2.78. The van der Waals surface area contributed by atoms with Gasteiger partial charge in [-0.15, -0.1) is 0 Å². The predicted octanol–water partition coefficient (Wildman–Crippen LogP) is 4.31. The van der Waals surface area contributed by atoms with Crippen LogP contribution in [0.5, 0.6) is 23.0 Å². The number of phenols is 4. The Labute approximate surface area is 198 Å². The molecular weight excluding hydrogens is 440 g/mol. The summed E-state index contributed by atoms with van der Waals surface area (Å²) in [5, 5.41) is 39.7. The summed E-state index contributed by atoms with van der Waals surface area (Å²) in [5.74, 6) is -5.28. The normalized spacial score (nSPS) is 21.5. The van der Waals surface area contributed by atoms with Crippen LogP contribution in [0.2, 0.25) is 0 Å². The standard InChI is InChI=1S/C26H32O8/c1-3-5-11-33-25(31)23-21(15-7-9-17(27)19(29)13-15)24(26(32)34-12-6-4-2)22(23)16-8-10-18(28)20(30)14-16/h7-10,13-14,21-24,27-30H,3-6,11-12H2,1-2H3. The molecule has 0 saturated heterocycles. The second kappa shape index (κ2) is 11.1. The van der Waals surface area contributed by atoms with Crippen molar-refractivity contribution in [2.75, 3.05) is 13.2 Å². The molecule has 1 aliphatic rings. The van der Waals surface area contributed by atoms with Gasteiger partial charge in [0.05, 0.1) is 25.0 Å². The van der Waals surface area contributed by atoms with Crippen LogP contribution in [0.3, 0.4) is 0 Å². The fraction of sp³-hybridized carbons (Fsp3) is 0.462. The zero-order chi connectivity index (χ0) is 24.8. The lowest BCUT2D eigenvalue weighted by atomic mass is 9.52. The Balaban J connectivity index is 2.04. The van der Waals surface area contributed by atoms with Crippen molar-refractivity contribution in [2.45, 2.75) is 51.4 Å². The van der Waals surface area contributed by atoms with Crippen molar-refractivity contribution < 1.29 is 39.5 Å². The molecule has 0 radical (unpaired) electrons. The first-order chi connectivity index (χ1) is 16.3. The van der Waals surface area contributed by atoms with Crippen LogP contribution >= 0.6 is 0 Å². The van der Waals surface area contributed by atoms with E-state index in [0.29, 0.717) is 24.0 Å². The van der Waals surface area contributed by atoms with Gasteiger partial charge in [-0.3, -0.25) is 9.59 Å². The van der Waals surface area contributed by atoms with Crippen molar-refractivity contribution in [3.05, 3.63) is 47.5 Å². The fourth-order valence-corrected chi connectivity index (χ4v) is 4.49. The number of aromatic hydroxyl groups is 4. The maximum Gasteiger partial charge on any atom is 0.310 e. The van der Waals surface area contributed by atoms with Crippen molar-refractivity contribution in [3.63, 3.8) is 0 Å². The zero-order valence-electron chi connectivity index (χ0n) is 19.4. The average molecular weight is 473 g/mol. The molecule has 3 rings (SSSR count). The summed E-state index contributed by atoms with van der Waals surface area (Å²) < 4.78 is 11.0. The first-order valence-electron chi connectivity index (χ1n) is 11.7. The highest BCUT2D eigenvalue weighted by molar-refractivity contribution is 5.85. The SMILES string of the molecule is CCCCOC(=O)C1C(c2ccc(O)c(O)c2)C(C(=O)OCCCC)C1c1ccc(O)c(O)c1. The van der Waals surface area contributed by atoms with E-state index in [9.17, 15) is 30.0 Å². The molecule has 8 heteroatoms. The van der Waals surface area contributed by atoms with Crippen LogP contribution in [0.25, 0.3) is 0 Å². The van der Waals surface area contributed by atoms with Gasteiger partial charge in [0.2, 0.25) is 0 Å². The van der Waals surface area contributed by atoms with E-state index in [2.05, 4.69) is 0 Å². The first kappa shape index (κ1) is 25.2. The molecule has 2 aromatic rings. The zero-order valence-corrected chi connectivity index (χ0v) is 19.4. The molecule has 34 heavy (non-hydrogen) atoms. The molecule has 0 bridgehead atoms. The molecule has 0 aliphatic heterocycles. The third-order valence-electron chi connectivity index (χ3n) is 6.35. The van der Waals surface area contributed by atoms with Crippen molar-refractivity contribution >= 4 is 11.9 Å². The molecule has 184 valence electrons. The molecule has 0 aromatic heterocycles. The number of hydrogen-bond acceptors (Lipinski definition) is 8.